The van der Waals surface area contributed by atoms with Crippen molar-refractivity contribution in [3.8, 4) is 0 Å². The molecule has 0 radical (unpaired) electrons. The van der Waals surface area contributed by atoms with Crippen molar-refractivity contribution in [2.45, 2.75) is 180 Å². The number of hydrogen-bond donors (Lipinski definition) is 3. The van der Waals surface area contributed by atoms with Gasteiger partial charge in [-0.05, 0) is 64.2 Å². The summed E-state index contributed by atoms with van der Waals surface area (Å²) in [6.45, 7) is 4.15. The Kier molecular flexibility index (Phi) is 32.5. The van der Waals surface area contributed by atoms with E-state index in [0.717, 1.165) is 44.9 Å². The summed E-state index contributed by atoms with van der Waals surface area (Å²) in [6.07, 6.45) is 44.9. The molecule has 0 saturated heterocycles. The first kappa shape index (κ1) is 40.4. The molecule has 0 bridgehead atoms. The Balaban J connectivity index is 3.63. The first-order valence-electron chi connectivity index (χ1n) is 17.9. The molecule has 0 saturated carbocycles. The van der Waals surface area contributed by atoms with Crippen LogP contribution in [0.25, 0.3) is 0 Å². The fourth-order valence-electron chi connectivity index (χ4n) is 5.03. The van der Waals surface area contributed by atoms with E-state index in [4.69, 9.17) is 0 Å². The van der Waals surface area contributed by atoms with E-state index in [1.807, 2.05) is 6.08 Å². The van der Waals surface area contributed by atoms with Crippen LogP contribution in [0.4, 0.5) is 0 Å². The van der Waals surface area contributed by atoms with Gasteiger partial charge in [0.05, 0.1) is 18.8 Å². The topological polar surface area (TPSA) is 69.6 Å². The van der Waals surface area contributed by atoms with Crippen molar-refractivity contribution in [2.24, 2.45) is 0 Å². The monoisotopic (exact) mass is 588 g/mol. The number of aliphatic hydroxyl groups excluding tert-OH is 2. The Hall–Kier alpha value is -1.65. The molecule has 42 heavy (non-hydrogen) atoms. The molecule has 1 amide bonds. The van der Waals surface area contributed by atoms with Crippen LogP contribution in [0.15, 0.2) is 48.6 Å². The van der Waals surface area contributed by atoms with Crippen molar-refractivity contribution in [1.29, 1.82) is 0 Å². The van der Waals surface area contributed by atoms with Crippen LogP contribution in [0.5, 0.6) is 0 Å². The summed E-state index contributed by atoms with van der Waals surface area (Å²) >= 11 is 0. The van der Waals surface area contributed by atoms with Crippen molar-refractivity contribution in [1.82, 2.24) is 5.32 Å². The van der Waals surface area contributed by atoms with E-state index >= 15 is 0 Å². The van der Waals surface area contributed by atoms with Gasteiger partial charge in [-0.3, -0.25) is 4.79 Å². The maximum absolute atomic E-state index is 12.3. The molecule has 4 heteroatoms. The van der Waals surface area contributed by atoms with Crippen molar-refractivity contribution < 1.29 is 15.0 Å². The lowest BCUT2D eigenvalue weighted by atomic mass is 10.1. The second-order valence-electron chi connectivity index (χ2n) is 11.9. The summed E-state index contributed by atoms with van der Waals surface area (Å²) in [7, 11) is 0. The third-order valence-electron chi connectivity index (χ3n) is 7.77. The first-order chi connectivity index (χ1) is 20.7. The molecule has 2 atom stereocenters. The quantitative estimate of drug-likeness (QED) is 0.0558. The number of allylic oxidation sites excluding steroid dienone is 7. The zero-order valence-electron chi connectivity index (χ0n) is 27.8. The smallest absolute Gasteiger partial charge is 0.220 e. The van der Waals surface area contributed by atoms with Crippen molar-refractivity contribution in [3.05, 3.63) is 48.6 Å². The van der Waals surface area contributed by atoms with Crippen LogP contribution in [0, 0.1) is 0 Å². The van der Waals surface area contributed by atoms with Gasteiger partial charge in [0.1, 0.15) is 0 Å². The molecule has 0 spiro atoms. The van der Waals surface area contributed by atoms with Gasteiger partial charge >= 0.3 is 0 Å². The van der Waals surface area contributed by atoms with E-state index < -0.39 is 12.1 Å². The molecule has 3 N–H and O–H groups in total. The number of aliphatic hydroxyl groups is 2. The van der Waals surface area contributed by atoms with E-state index in [1.165, 1.54) is 103 Å². The summed E-state index contributed by atoms with van der Waals surface area (Å²) in [5.74, 6) is -0.0873. The SMILES string of the molecule is CC/C=C/CC/C=C/CC/C=C/C(O)C(CO)NC(=O)CCCCCCCCC/C=C\CCCCCCCCCCC. The molecule has 0 aliphatic heterocycles. The van der Waals surface area contributed by atoms with Crippen LogP contribution >= 0.6 is 0 Å². The summed E-state index contributed by atoms with van der Waals surface area (Å²) in [6, 6.07) is -0.645. The normalized spacial score (nSPS) is 13.7. The third kappa shape index (κ3) is 29.8. The molecule has 0 aromatic rings. The second kappa shape index (κ2) is 33.8. The standard InChI is InChI=1S/C38H69NO3/c1-3-5-7-9-11-13-15-16-17-18-19-20-21-22-23-24-26-28-30-32-34-38(42)39-36(35-40)37(41)33-31-29-27-25-14-12-10-8-6-4-2/h6,8,14,19-20,25,31,33,36-37,40-41H,3-5,7,9-13,15-18,21-24,26-30,32,34-35H2,1-2H3,(H,39,42)/b8-6+,20-19-,25-14+,33-31+. The predicted octanol–water partition coefficient (Wildman–Crippen LogP) is 10.5. The number of carbonyl (C=O) groups excluding carboxylic acids is 1. The molecule has 0 aromatic carbocycles. The molecule has 0 aromatic heterocycles. The Labute approximate surface area is 261 Å². The zero-order valence-corrected chi connectivity index (χ0v) is 27.8. The van der Waals surface area contributed by atoms with E-state index in [0.29, 0.717) is 6.42 Å². The van der Waals surface area contributed by atoms with Crippen LogP contribution in [0.2, 0.25) is 0 Å². The second-order valence-corrected chi connectivity index (χ2v) is 11.9. The Morgan fingerprint density at radius 1 is 0.571 bits per heavy atom. The van der Waals surface area contributed by atoms with Crippen molar-refractivity contribution in [2.75, 3.05) is 6.61 Å². The lowest BCUT2D eigenvalue weighted by molar-refractivity contribution is -0.123. The average Bonchev–Trinajstić information content (AvgIpc) is 2.99. The van der Waals surface area contributed by atoms with Gasteiger partial charge in [0.2, 0.25) is 5.91 Å². The van der Waals surface area contributed by atoms with Gasteiger partial charge < -0.3 is 15.5 Å². The third-order valence-corrected chi connectivity index (χ3v) is 7.77. The molecule has 0 aliphatic carbocycles. The van der Waals surface area contributed by atoms with Crippen LogP contribution in [-0.4, -0.2) is 34.9 Å². The minimum absolute atomic E-state index is 0.0873. The molecule has 0 rings (SSSR count). The number of carbonyl (C=O) groups is 1. The molecule has 0 fully saturated rings. The largest absolute Gasteiger partial charge is 0.394 e. The van der Waals surface area contributed by atoms with Gasteiger partial charge in [-0.2, -0.15) is 0 Å². The highest BCUT2D eigenvalue weighted by Crippen LogP contribution is 2.12. The van der Waals surface area contributed by atoms with Crippen LogP contribution < -0.4 is 5.32 Å². The molecular formula is C38H69NO3. The van der Waals surface area contributed by atoms with Gasteiger partial charge in [-0.1, -0.05) is 146 Å². The van der Waals surface area contributed by atoms with E-state index in [2.05, 4.69) is 55.6 Å². The Morgan fingerprint density at radius 2 is 1.00 bits per heavy atom. The molecular weight excluding hydrogens is 518 g/mol. The lowest BCUT2D eigenvalue weighted by Crippen LogP contribution is -2.45. The number of nitrogens with one attached hydrogen (secondary N) is 1. The van der Waals surface area contributed by atoms with Gasteiger partial charge in [0, 0.05) is 6.42 Å². The van der Waals surface area contributed by atoms with Gasteiger partial charge in [-0.25, -0.2) is 0 Å². The number of hydrogen-bond acceptors (Lipinski definition) is 3. The van der Waals surface area contributed by atoms with E-state index in [1.54, 1.807) is 6.08 Å². The highest BCUT2D eigenvalue weighted by atomic mass is 16.3. The molecule has 0 aliphatic rings. The van der Waals surface area contributed by atoms with Crippen molar-refractivity contribution >= 4 is 5.91 Å². The summed E-state index contributed by atoms with van der Waals surface area (Å²) in [5.41, 5.74) is 0. The summed E-state index contributed by atoms with van der Waals surface area (Å²) in [4.78, 5) is 12.3. The minimum Gasteiger partial charge on any atom is -0.394 e. The Morgan fingerprint density at radius 3 is 1.50 bits per heavy atom. The highest BCUT2D eigenvalue weighted by Gasteiger charge is 2.17. The number of unbranched alkanes of at least 4 members (excludes halogenated alkanes) is 18. The van der Waals surface area contributed by atoms with Crippen LogP contribution in [-0.2, 0) is 4.79 Å². The summed E-state index contributed by atoms with van der Waals surface area (Å²) < 4.78 is 0. The first-order valence-corrected chi connectivity index (χ1v) is 17.9. The van der Waals surface area contributed by atoms with Crippen LogP contribution in [0.3, 0.4) is 0 Å². The number of amides is 1. The van der Waals surface area contributed by atoms with Gasteiger partial charge in [0.25, 0.3) is 0 Å². The molecule has 2 unspecified atom stereocenters. The van der Waals surface area contributed by atoms with E-state index in [9.17, 15) is 15.0 Å². The van der Waals surface area contributed by atoms with Crippen molar-refractivity contribution in [3.63, 3.8) is 0 Å². The highest BCUT2D eigenvalue weighted by molar-refractivity contribution is 5.76. The predicted molar refractivity (Wildman–Crippen MR) is 184 cm³/mol. The maximum atomic E-state index is 12.3. The molecule has 4 nitrogen and oxygen atoms in total. The molecule has 0 heterocycles. The maximum Gasteiger partial charge on any atom is 0.220 e. The van der Waals surface area contributed by atoms with E-state index in [-0.39, 0.29) is 12.5 Å². The fourth-order valence-corrected chi connectivity index (χ4v) is 5.03. The average molecular weight is 588 g/mol. The Bertz CT molecular complexity index is 682. The minimum atomic E-state index is -0.869. The number of rotatable bonds is 31. The van der Waals surface area contributed by atoms with Gasteiger partial charge in [-0.15, -0.1) is 0 Å². The van der Waals surface area contributed by atoms with Crippen LogP contribution in [0.1, 0.15) is 168 Å². The lowest BCUT2D eigenvalue weighted by Gasteiger charge is -2.19. The van der Waals surface area contributed by atoms with Gasteiger partial charge in [0.15, 0.2) is 0 Å². The summed E-state index contributed by atoms with van der Waals surface area (Å²) in [5, 5.41) is 22.7. The fraction of sp³-hybridized carbons (Fsp3) is 0.763. The molecule has 244 valence electrons. The zero-order chi connectivity index (χ0) is 30.8.